The summed E-state index contributed by atoms with van der Waals surface area (Å²) in [6, 6.07) is 0.872. The van der Waals surface area contributed by atoms with Gasteiger partial charge >= 0.3 is 0 Å². The number of hydrogen-bond donors (Lipinski definition) is 0. The second-order valence-electron chi connectivity index (χ2n) is 2.50. The lowest BCUT2D eigenvalue weighted by Crippen LogP contribution is -1.86. The van der Waals surface area contributed by atoms with E-state index in [-0.39, 0.29) is 5.52 Å². The van der Waals surface area contributed by atoms with E-state index in [2.05, 4.69) is 4.98 Å². The Morgan fingerprint density at radius 1 is 1.33 bits per heavy atom. The van der Waals surface area contributed by atoms with E-state index in [0.29, 0.717) is 10.3 Å². The first-order chi connectivity index (χ1) is 5.70. The number of nitrogens with zero attached hydrogens (tertiary/aromatic N) is 1. The van der Waals surface area contributed by atoms with Gasteiger partial charge in [0.2, 0.25) is 0 Å². The van der Waals surface area contributed by atoms with Crippen LogP contribution in [0.1, 0.15) is 5.56 Å². The fourth-order valence-electron chi connectivity index (χ4n) is 1.08. The summed E-state index contributed by atoms with van der Waals surface area (Å²) in [7, 11) is 0. The zero-order valence-corrected chi connectivity index (χ0v) is 7.08. The van der Waals surface area contributed by atoms with E-state index in [0.717, 1.165) is 6.07 Å². The summed E-state index contributed by atoms with van der Waals surface area (Å²) in [5, 5.41) is 0. The summed E-state index contributed by atoms with van der Waals surface area (Å²) in [6.07, 6.45) is 0. The smallest absolute Gasteiger partial charge is 0.153 e. The van der Waals surface area contributed by atoms with E-state index >= 15 is 0 Å². The Bertz CT molecular complexity index is 436. The Labute approximate surface area is 71.7 Å². The van der Waals surface area contributed by atoms with Crippen LogP contribution in [-0.4, -0.2) is 4.98 Å². The highest BCUT2D eigenvalue weighted by Crippen LogP contribution is 2.26. The second kappa shape index (κ2) is 2.48. The van der Waals surface area contributed by atoms with Crippen LogP contribution >= 0.6 is 11.3 Å². The fourth-order valence-corrected chi connectivity index (χ4v) is 1.88. The number of thiazole rings is 1. The monoisotopic (exact) mass is 185 g/mol. The predicted molar refractivity (Wildman–Crippen MR) is 44.3 cm³/mol. The molecule has 0 fully saturated rings. The third kappa shape index (κ3) is 0.914. The topological polar surface area (TPSA) is 12.9 Å². The Morgan fingerprint density at radius 3 is 2.83 bits per heavy atom. The maximum absolute atomic E-state index is 13.0. The minimum atomic E-state index is -0.589. The van der Waals surface area contributed by atoms with Gasteiger partial charge in [-0.25, -0.2) is 13.8 Å². The summed E-state index contributed by atoms with van der Waals surface area (Å²) < 4.78 is 26.5. The van der Waals surface area contributed by atoms with Gasteiger partial charge in [-0.15, -0.1) is 11.3 Å². The van der Waals surface area contributed by atoms with Gasteiger partial charge in [-0.05, 0) is 6.92 Å². The van der Waals surface area contributed by atoms with E-state index in [4.69, 9.17) is 0 Å². The van der Waals surface area contributed by atoms with E-state index in [1.807, 2.05) is 0 Å². The van der Waals surface area contributed by atoms with Crippen LogP contribution in [0.15, 0.2) is 11.6 Å². The summed E-state index contributed by atoms with van der Waals surface area (Å²) >= 11 is 1.25. The van der Waals surface area contributed by atoms with Gasteiger partial charge in [0.15, 0.2) is 5.82 Å². The average Bonchev–Trinajstić information content (AvgIpc) is 2.48. The molecule has 0 N–H and O–H groups in total. The van der Waals surface area contributed by atoms with Crippen LogP contribution in [0.4, 0.5) is 8.78 Å². The molecule has 0 aliphatic heterocycles. The van der Waals surface area contributed by atoms with E-state index < -0.39 is 11.6 Å². The van der Waals surface area contributed by atoms with Gasteiger partial charge in [-0.3, -0.25) is 0 Å². The summed E-state index contributed by atoms with van der Waals surface area (Å²) in [6.45, 7) is 1.62. The average molecular weight is 185 g/mol. The molecule has 12 heavy (non-hydrogen) atoms. The van der Waals surface area contributed by atoms with Gasteiger partial charge in [0, 0.05) is 11.6 Å². The molecule has 2 rings (SSSR count). The molecular formula is C8H5F2NS. The van der Waals surface area contributed by atoms with Crippen molar-refractivity contribution in [2.75, 3.05) is 0 Å². The Morgan fingerprint density at radius 2 is 2.08 bits per heavy atom. The number of benzene rings is 1. The molecule has 0 amide bonds. The molecule has 1 aromatic carbocycles. The lowest BCUT2D eigenvalue weighted by atomic mass is 10.2. The number of aromatic nitrogens is 1. The third-order valence-corrected chi connectivity index (χ3v) is 2.69. The molecule has 62 valence electrons. The molecule has 0 aliphatic rings. The third-order valence-electron chi connectivity index (χ3n) is 1.75. The second-order valence-corrected chi connectivity index (χ2v) is 3.35. The van der Waals surface area contributed by atoms with Crippen LogP contribution in [0, 0.1) is 18.6 Å². The lowest BCUT2D eigenvalue weighted by Gasteiger charge is -1.97. The van der Waals surface area contributed by atoms with Gasteiger partial charge in [-0.2, -0.15) is 0 Å². The molecule has 0 radical (unpaired) electrons. The molecule has 4 heteroatoms. The minimum Gasteiger partial charge on any atom is -0.242 e. The van der Waals surface area contributed by atoms with Crippen LogP contribution in [0.25, 0.3) is 10.2 Å². The van der Waals surface area contributed by atoms with Crippen molar-refractivity contribution in [3.8, 4) is 0 Å². The fraction of sp³-hybridized carbons (Fsp3) is 0.125. The molecule has 0 atom stereocenters. The lowest BCUT2D eigenvalue weighted by molar-refractivity contribution is 0.585. The highest BCUT2D eigenvalue weighted by Gasteiger charge is 2.10. The predicted octanol–water partition coefficient (Wildman–Crippen LogP) is 2.88. The SMILES string of the molecule is Cc1c(F)cc(F)c2ncsc12. The molecule has 2 aromatic rings. The molecule has 1 aromatic heterocycles. The van der Waals surface area contributed by atoms with Crippen LogP contribution < -0.4 is 0 Å². The van der Waals surface area contributed by atoms with Crippen molar-refractivity contribution >= 4 is 21.6 Å². The molecule has 0 aliphatic carbocycles. The van der Waals surface area contributed by atoms with Crippen molar-refractivity contribution in [1.82, 2.24) is 4.98 Å². The van der Waals surface area contributed by atoms with Gasteiger partial charge < -0.3 is 0 Å². The van der Waals surface area contributed by atoms with Crippen LogP contribution in [0.5, 0.6) is 0 Å². The van der Waals surface area contributed by atoms with Gasteiger partial charge in [-0.1, -0.05) is 0 Å². The number of halogens is 2. The molecule has 0 bridgehead atoms. The molecule has 0 saturated carbocycles. The first-order valence-electron chi connectivity index (χ1n) is 3.38. The Kier molecular flexibility index (Phi) is 1.58. The molecule has 0 unspecified atom stereocenters. The largest absolute Gasteiger partial charge is 0.242 e. The van der Waals surface area contributed by atoms with Crippen molar-refractivity contribution in [1.29, 1.82) is 0 Å². The molecular weight excluding hydrogens is 180 g/mol. The van der Waals surface area contributed by atoms with Crippen molar-refractivity contribution in [3.63, 3.8) is 0 Å². The highest BCUT2D eigenvalue weighted by atomic mass is 32.1. The number of hydrogen-bond acceptors (Lipinski definition) is 2. The van der Waals surface area contributed by atoms with Crippen LogP contribution in [-0.2, 0) is 0 Å². The molecule has 0 saturated heterocycles. The van der Waals surface area contributed by atoms with Crippen molar-refractivity contribution < 1.29 is 8.78 Å². The normalized spacial score (nSPS) is 10.9. The number of fused-ring (bicyclic) bond motifs is 1. The highest BCUT2D eigenvalue weighted by molar-refractivity contribution is 7.16. The van der Waals surface area contributed by atoms with E-state index in [1.54, 1.807) is 6.92 Å². The zero-order valence-electron chi connectivity index (χ0n) is 6.27. The quantitative estimate of drug-likeness (QED) is 0.615. The van der Waals surface area contributed by atoms with E-state index in [1.165, 1.54) is 16.8 Å². The van der Waals surface area contributed by atoms with Gasteiger partial charge in [0.05, 0.1) is 10.2 Å². The summed E-state index contributed by atoms with van der Waals surface area (Å²) in [5.74, 6) is -1.10. The number of rotatable bonds is 0. The van der Waals surface area contributed by atoms with Crippen LogP contribution in [0.3, 0.4) is 0 Å². The molecule has 0 spiro atoms. The van der Waals surface area contributed by atoms with Crippen molar-refractivity contribution in [2.24, 2.45) is 0 Å². The zero-order chi connectivity index (χ0) is 8.72. The molecule has 1 nitrogen and oxygen atoms in total. The Hall–Kier alpha value is -1.03. The molecule has 1 heterocycles. The van der Waals surface area contributed by atoms with Crippen molar-refractivity contribution in [3.05, 3.63) is 28.8 Å². The van der Waals surface area contributed by atoms with E-state index in [9.17, 15) is 8.78 Å². The first kappa shape index (κ1) is 7.61. The first-order valence-corrected chi connectivity index (χ1v) is 4.26. The van der Waals surface area contributed by atoms with Gasteiger partial charge in [0.1, 0.15) is 11.3 Å². The Balaban J connectivity index is 2.97. The maximum atomic E-state index is 13.0. The van der Waals surface area contributed by atoms with Gasteiger partial charge in [0.25, 0.3) is 0 Å². The summed E-state index contributed by atoms with van der Waals surface area (Å²) in [4.78, 5) is 3.80. The van der Waals surface area contributed by atoms with Crippen molar-refractivity contribution in [2.45, 2.75) is 6.92 Å². The standard InChI is InChI=1S/C8H5F2NS/c1-4-5(9)2-6(10)7-8(4)12-3-11-7/h2-3H,1H3. The van der Waals surface area contributed by atoms with Crippen LogP contribution in [0.2, 0.25) is 0 Å². The maximum Gasteiger partial charge on any atom is 0.153 e. The minimum absolute atomic E-state index is 0.263. The number of aryl methyl sites for hydroxylation is 1. The summed E-state index contributed by atoms with van der Waals surface area (Å²) in [5.41, 5.74) is 2.24.